The van der Waals surface area contributed by atoms with Gasteiger partial charge in [-0.05, 0) is 13.0 Å². The Morgan fingerprint density at radius 2 is 1.94 bits per heavy atom. The molecule has 2 aliphatic rings. The number of carbonyl (C=O) groups is 1. The van der Waals surface area contributed by atoms with Crippen molar-refractivity contribution in [2.75, 3.05) is 31.1 Å². The van der Waals surface area contributed by atoms with Crippen LogP contribution >= 0.6 is 11.3 Å². The second-order valence-electron chi connectivity index (χ2n) is 8.34. The molecule has 32 heavy (non-hydrogen) atoms. The number of anilines is 1. The minimum absolute atomic E-state index is 0.111. The van der Waals surface area contributed by atoms with E-state index < -0.39 is 5.82 Å². The van der Waals surface area contributed by atoms with Gasteiger partial charge in [0.05, 0.1) is 23.0 Å². The van der Waals surface area contributed by atoms with E-state index in [-0.39, 0.29) is 11.5 Å². The zero-order valence-corrected chi connectivity index (χ0v) is 18.2. The Labute approximate surface area is 187 Å². The summed E-state index contributed by atoms with van der Waals surface area (Å²) in [4.78, 5) is 30.8. The molecular formula is C22H20FN7OS. The summed E-state index contributed by atoms with van der Waals surface area (Å²) in [6.45, 7) is 4.65. The standard InChI is InChI=1S/C22H20FN7OS/c1-13-26-22(27-19-5-6-25-30(13)19)29-9-14-7-28(8-15(14)10-29)21(31)20-16(3-2-4-17(20)23)18-11-32-12-24-18/h2-6,11-12,14-15H,7-10H2,1H3/t14-,15+. The first-order valence-corrected chi connectivity index (χ1v) is 11.4. The first-order valence-electron chi connectivity index (χ1n) is 10.5. The summed E-state index contributed by atoms with van der Waals surface area (Å²) in [7, 11) is 0. The van der Waals surface area contributed by atoms with Crippen LogP contribution in [0.4, 0.5) is 10.3 Å². The van der Waals surface area contributed by atoms with Crippen molar-refractivity contribution in [1.29, 1.82) is 0 Å². The van der Waals surface area contributed by atoms with Gasteiger partial charge in [0.2, 0.25) is 5.95 Å². The highest BCUT2D eigenvalue weighted by Gasteiger charge is 2.43. The molecule has 2 saturated heterocycles. The molecule has 162 valence electrons. The first-order chi connectivity index (χ1) is 15.6. The lowest BCUT2D eigenvalue weighted by Crippen LogP contribution is -2.34. The fourth-order valence-electron chi connectivity index (χ4n) is 4.87. The number of hydrogen-bond donors (Lipinski definition) is 0. The molecule has 4 aromatic rings. The van der Waals surface area contributed by atoms with Gasteiger partial charge in [-0.25, -0.2) is 13.9 Å². The molecule has 0 aliphatic carbocycles. The summed E-state index contributed by atoms with van der Waals surface area (Å²) in [5, 5.41) is 6.06. The van der Waals surface area contributed by atoms with Crippen molar-refractivity contribution in [1.82, 2.24) is 29.5 Å². The van der Waals surface area contributed by atoms with Crippen molar-refractivity contribution in [2.45, 2.75) is 6.92 Å². The van der Waals surface area contributed by atoms with E-state index in [1.807, 2.05) is 18.4 Å². The van der Waals surface area contributed by atoms with E-state index in [0.29, 0.717) is 42.1 Å². The highest BCUT2D eigenvalue weighted by atomic mass is 32.1. The van der Waals surface area contributed by atoms with Crippen LogP contribution in [-0.2, 0) is 0 Å². The topological polar surface area (TPSA) is 79.5 Å². The van der Waals surface area contributed by atoms with Gasteiger partial charge in [-0.2, -0.15) is 15.1 Å². The van der Waals surface area contributed by atoms with Crippen molar-refractivity contribution in [3.05, 3.63) is 58.6 Å². The highest BCUT2D eigenvalue weighted by molar-refractivity contribution is 7.07. The van der Waals surface area contributed by atoms with Crippen LogP contribution in [0.3, 0.4) is 0 Å². The van der Waals surface area contributed by atoms with Gasteiger partial charge in [-0.15, -0.1) is 11.3 Å². The smallest absolute Gasteiger partial charge is 0.257 e. The predicted octanol–water partition coefficient (Wildman–Crippen LogP) is 2.90. The molecule has 0 N–H and O–H groups in total. The van der Waals surface area contributed by atoms with Crippen LogP contribution in [0.2, 0.25) is 0 Å². The molecule has 8 nitrogen and oxygen atoms in total. The number of halogens is 1. The minimum Gasteiger partial charge on any atom is -0.340 e. The highest BCUT2D eigenvalue weighted by Crippen LogP contribution is 2.35. The van der Waals surface area contributed by atoms with Crippen LogP contribution in [0.25, 0.3) is 16.9 Å². The second-order valence-corrected chi connectivity index (χ2v) is 9.06. The van der Waals surface area contributed by atoms with Crippen molar-refractivity contribution in [2.24, 2.45) is 11.8 Å². The molecule has 3 aromatic heterocycles. The Morgan fingerprint density at radius 1 is 1.12 bits per heavy atom. The molecule has 0 spiro atoms. The van der Waals surface area contributed by atoms with E-state index in [0.717, 1.165) is 24.6 Å². The summed E-state index contributed by atoms with van der Waals surface area (Å²) in [5.41, 5.74) is 3.75. The summed E-state index contributed by atoms with van der Waals surface area (Å²) < 4.78 is 16.5. The Kier molecular flexibility index (Phi) is 4.42. The third-order valence-electron chi connectivity index (χ3n) is 6.40. The molecule has 2 aliphatic heterocycles. The van der Waals surface area contributed by atoms with Crippen LogP contribution in [-0.4, -0.2) is 61.6 Å². The summed E-state index contributed by atoms with van der Waals surface area (Å²) >= 11 is 1.43. The zero-order valence-electron chi connectivity index (χ0n) is 17.3. The summed E-state index contributed by atoms with van der Waals surface area (Å²) in [5.74, 6) is 1.33. The average molecular weight is 450 g/mol. The summed E-state index contributed by atoms with van der Waals surface area (Å²) in [6, 6.07) is 6.59. The van der Waals surface area contributed by atoms with Crippen molar-refractivity contribution in [3.8, 4) is 11.3 Å². The molecule has 0 radical (unpaired) electrons. The van der Waals surface area contributed by atoms with E-state index in [2.05, 4.69) is 25.0 Å². The van der Waals surface area contributed by atoms with Crippen LogP contribution < -0.4 is 4.90 Å². The largest absolute Gasteiger partial charge is 0.340 e. The number of aryl methyl sites for hydroxylation is 1. The van der Waals surface area contributed by atoms with E-state index >= 15 is 0 Å². The fraction of sp³-hybridized carbons (Fsp3) is 0.318. The van der Waals surface area contributed by atoms with Gasteiger partial charge >= 0.3 is 0 Å². The number of rotatable bonds is 3. The van der Waals surface area contributed by atoms with E-state index in [1.165, 1.54) is 17.4 Å². The third kappa shape index (κ3) is 3.05. The molecule has 2 fully saturated rings. The van der Waals surface area contributed by atoms with E-state index in [4.69, 9.17) is 0 Å². The summed E-state index contributed by atoms with van der Waals surface area (Å²) in [6.07, 6.45) is 1.71. The maximum atomic E-state index is 14.8. The van der Waals surface area contributed by atoms with Gasteiger partial charge in [-0.1, -0.05) is 12.1 Å². The molecule has 2 atom stereocenters. The van der Waals surface area contributed by atoms with Gasteiger partial charge < -0.3 is 9.80 Å². The van der Waals surface area contributed by atoms with Crippen molar-refractivity contribution in [3.63, 3.8) is 0 Å². The zero-order chi connectivity index (χ0) is 21.8. The van der Waals surface area contributed by atoms with Gasteiger partial charge in [0.15, 0.2) is 5.65 Å². The molecule has 1 aromatic carbocycles. The number of carbonyl (C=O) groups excluding carboxylic acids is 1. The molecule has 5 heterocycles. The Balaban J connectivity index is 1.22. The molecule has 0 saturated carbocycles. The number of amides is 1. The van der Waals surface area contributed by atoms with Crippen LogP contribution in [0.1, 0.15) is 16.2 Å². The number of nitrogens with zero attached hydrogens (tertiary/aromatic N) is 7. The number of aromatic nitrogens is 5. The number of thiazole rings is 1. The van der Waals surface area contributed by atoms with E-state index in [9.17, 15) is 9.18 Å². The second kappa shape index (κ2) is 7.33. The maximum Gasteiger partial charge on any atom is 0.257 e. The van der Waals surface area contributed by atoms with Crippen LogP contribution in [0.15, 0.2) is 41.4 Å². The quantitative estimate of drug-likeness (QED) is 0.479. The minimum atomic E-state index is -0.503. The molecule has 6 rings (SSSR count). The Morgan fingerprint density at radius 3 is 2.69 bits per heavy atom. The first kappa shape index (κ1) is 19.3. The van der Waals surface area contributed by atoms with Crippen molar-refractivity contribution < 1.29 is 9.18 Å². The molecule has 0 unspecified atom stereocenters. The van der Waals surface area contributed by atoms with Crippen LogP contribution in [0.5, 0.6) is 0 Å². The third-order valence-corrected chi connectivity index (χ3v) is 6.98. The molecule has 0 bridgehead atoms. The normalized spacial score (nSPS) is 20.3. The van der Waals surface area contributed by atoms with Crippen LogP contribution in [0, 0.1) is 24.6 Å². The predicted molar refractivity (Wildman–Crippen MR) is 118 cm³/mol. The van der Waals surface area contributed by atoms with Gasteiger partial charge in [0.1, 0.15) is 11.6 Å². The van der Waals surface area contributed by atoms with Gasteiger partial charge in [0.25, 0.3) is 5.91 Å². The monoisotopic (exact) mass is 449 g/mol. The maximum absolute atomic E-state index is 14.8. The van der Waals surface area contributed by atoms with Crippen molar-refractivity contribution >= 4 is 28.8 Å². The number of hydrogen-bond acceptors (Lipinski definition) is 7. The number of fused-ring (bicyclic) bond motifs is 2. The number of benzene rings is 1. The lowest BCUT2D eigenvalue weighted by Gasteiger charge is -2.23. The fourth-order valence-corrected chi connectivity index (χ4v) is 5.42. The van der Waals surface area contributed by atoms with E-state index in [1.54, 1.807) is 33.3 Å². The SMILES string of the molecule is Cc1nc(N2C[C@H]3CN(C(=O)c4c(F)cccc4-c4cscn4)C[C@H]3C2)nc2ccnn12. The molecule has 10 heteroatoms. The lowest BCUT2D eigenvalue weighted by atomic mass is 10.0. The molecule has 1 amide bonds. The Bertz CT molecular complexity index is 1310. The lowest BCUT2D eigenvalue weighted by molar-refractivity contribution is 0.0778. The Hall–Kier alpha value is -3.40. The van der Waals surface area contributed by atoms with Gasteiger partial charge in [-0.3, -0.25) is 4.79 Å². The average Bonchev–Trinajstić information content (AvgIpc) is 3.56. The van der Waals surface area contributed by atoms with Gasteiger partial charge in [0, 0.05) is 55.0 Å². The number of likely N-dealkylation sites (tertiary alicyclic amines) is 1. The molecular weight excluding hydrogens is 429 g/mol.